The van der Waals surface area contributed by atoms with Gasteiger partial charge in [-0.05, 0) is 30.4 Å². The fraction of sp³-hybridized carbons (Fsp3) is 0.562. The Kier molecular flexibility index (Phi) is 4.33. The third-order valence-corrected chi connectivity index (χ3v) is 4.28. The van der Waals surface area contributed by atoms with Gasteiger partial charge in [0, 0.05) is 26.2 Å². The average molecular weight is 273 g/mol. The zero-order valence-electron chi connectivity index (χ0n) is 11.9. The summed E-state index contributed by atoms with van der Waals surface area (Å²) in [6, 6.07) is 8.70. The van der Waals surface area contributed by atoms with Crippen LogP contribution in [-0.4, -0.2) is 43.5 Å². The van der Waals surface area contributed by atoms with Gasteiger partial charge in [0.2, 0.25) is 5.91 Å². The Morgan fingerprint density at radius 1 is 1.30 bits per heavy atom. The van der Waals surface area contributed by atoms with Crippen LogP contribution in [0, 0.1) is 0 Å². The number of carbonyl (C=O) groups excluding carboxylic acids is 1. The first-order chi connectivity index (χ1) is 9.83. The minimum Gasteiger partial charge on any atom is -0.348 e. The van der Waals surface area contributed by atoms with Crippen LogP contribution in [0.25, 0.3) is 0 Å². The average Bonchev–Trinajstić information content (AvgIpc) is 2.48. The van der Waals surface area contributed by atoms with Gasteiger partial charge in [0.1, 0.15) is 0 Å². The second-order valence-corrected chi connectivity index (χ2v) is 5.74. The smallest absolute Gasteiger partial charge is 0.234 e. The molecule has 1 atom stereocenters. The summed E-state index contributed by atoms with van der Waals surface area (Å²) in [5, 5.41) is 6.53. The summed E-state index contributed by atoms with van der Waals surface area (Å²) in [5.41, 5.74) is 2.71. The Morgan fingerprint density at radius 3 is 2.95 bits per heavy atom. The highest BCUT2D eigenvalue weighted by Gasteiger charge is 2.22. The molecule has 2 aliphatic rings. The number of carbonyl (C=O) groups is 1. The fourth-order valence-electron chi connectivity index (χ4n) is 3.22. The summed E-state index contributed by atoms with van der Waals surface area (Å²) >= 11 is 0. The molecule has 1 unspecified atom stereocenters. The zero-order chi connectivity index (χ0) is 13.8. The lowest BCUT2D eigenvalue weighted by atomic mass is 9.88. The first-order valence-corrected chi connectivity index (χ1v) is 7.63. The molecule has 1 aliphatic heterocycles. The van der Waals surface area contributed by atoms with E-state index >= 15 is 0 Å². The van der Waals surface area contributed by atoms with Crippen LogP contribution >= 0.6 is 0 Å². The Bertz CT molecular complexity index is 469. The van der Waals surface area contributed by atoms with Crippen molar-refractivity contribution in [3.8, 4) is 0 Å². The van der Waals surface area contributed by atoms with E-state index in [4.69, 9.17) is 0 Å². The molecule has 0 bridgehead atoms. The SMILES string of the molecule is O=C(CN1CCNCC1)NC1CCCc2ccccc21. The highest BCUT2D eigenvalue weighted by Crippen LogP contribution is 2.29. The number of nitrogens with one attached hydrogen (secondary N) is 2. The summed E-state index contributed by atoms with van der Waals surface area (Å²) in [5.74, 6) is 0.161. The molecule has 0 radical (unpaired) electrons. The van der Waals surface area contributed by atoms with E-state index in [1.54, 1.807) is 0 Å². The van der Waals surface area contributed by atoms with E-state index in [0.29, 0.717) is 6.54 Å². The molecule has 1 saturated heterocycles. The van der Waals surface area contributed by atoms with Gasteiger partial charge >= 0.3 is 0 Å². The Morgan fingerprint density at radius 2 is 2.10 bits per heavy atom. The van der Waals surface area contributed by atoms with E-state index in [9.17, 15) is 4.79 Å². The van der Waals surface area contributed by atoms with Crippen LogP contribution in [0.1, 0.15) is 30.0 Å². The minimum absolute atomic E-state index is 0.161. The normalized spacial score (nSPS) is 23.1. The summed E-state index contributed by atoms with van der Waals surface area (Å²) in [4.78, 5) is 14.4. The van der Waals surface area contributed by atoms with Gasteiger partial charge in [-0.3, -0.25) is 9.69 Å². The highest BCUT2D eigenvalue weighted by molar-refractivity contribution is 5.78. The van der Waals surface area contributed by atoms with Crippen LogP contribution in [0.4, 0.5) is 0 Å². The van der Waals surface area contributed by atoms with Crippen molar-refractivity contribution in [2.45, 2.75) is 25.3 Å². The number of hydrogen-bond acceptors (Lipinski definition) is 3. The van der Waals surface area contributed by atoms with Crippen molar-refractivity contribution in [1.29, 1.82) is 0 Å². The van der Waals surface area contributed by atoms with E-state index in [-0.39, 0.29) is 11.9 Å². The van der Waals surface area contributed by atoms with Gasteiger partial charge in [0.05, 0.1) is 12.6 Å². The van der Waals surface area contributed by atoms with Gasteiger partial charge in [0.25, 0.3) is 0 Å². The highest BCUT2D eigenvalue weighted by atomic mass is 16.2. The quantitative estimate of drug-likeness (QED) is 0.866. The molecule has 108 valence electrons. The molecule has 1 aliphatic carbocycles. The molecule has 4 heteroatoms. The third-order valence-electron chi connectivity index (χ3n) is 4.28. The molecule has 3 rings (SSSR count). The van der Waals surface area contributed by atoms with Crippen molar-refractivity contribution in [2.75, 3.05) is 32.7 Å². The van der Waals surface area contributed by atoms with Crippen molar-refractivity contribution in [3.63, 3.8) is 0 Å². The minimum atomic E-state index is 0.161. The summed E-state index contributed by atoms with van der Waals surface area (Å²) in [6.07, 6.45) is 3.36. The maximum Gasteiger partial charge on any atom is 0.234 e. The molecular weight excluding hydrogens is 250 g/mol. The molecule has 1 aromatic carbocycles. The van der Waals surface area contributed by atoms with Crippen LogP contribution < -0.4 is 10.6 Å². The monoisotopic (exact) mass is 273 g/mol. The Hall–Kier alpha value is -1.39. The van der Waals surface area contributed by atoms with Crippen LogP contribution in [-0.2, 0) is 11.2 Å². The van der Waals surface area contributed by atoms with E-state index in [0.717, 1.165) is 45.4 Å². The molecule has 4 nitrogen and oxygen atoms in total. The topological polar surface area (TPSA) is 44.4 Å². The molecule has 2 N–H and O–H groups in total. The third kappa shape index (κ3) is 3.19. The maximum absolute atomic E-state index is 12.2. The first kappa shape index (κ1) is 13.6. The van der Waals surface area contributed by atoms with Crippen LogP contribution in [0.5, 0.6) is 0 Å². The van der Waals surface area contributed by atoms with Gasteiger partial charge in [0.15, 0.2) is 0 Å². The molecule has 1 amide bonds. The molecular formula is C16H23N3O. The summed E-state index contributed by atoms with van der Waals surface area (Å²) in [6.45, 7) is 4.43. The number of fused-ring (bicyclic) bond motifs is 1. The van der Waals surface area contributed by atoms with Crippen LogP contribution in [0.2, 0.25) is 0 Å². The second kappa shape index (κ2) is 6.37. The molecule has 20 heavy (non-hydrogen) atoms. The predicted molar refractivity (Wildman–Crippen MR) is 79.6 cm³/mol. The van der Waals surface area contributed by atoms with E-state index in [1.807, 2.05) is 0 Å². The predicted octanol–water partition coefficient (Wildman–Crippen LogP) is 1.09. The number of hydrogen-bond donors (Lipinski definition) is 2. The standard InChI is InChI=1S/C16H23N3O/c20-16(12-19-10-8-17-9-11-19)18-15-7-3-5-13-4-1-2-6-14(13)15/h1-2,4,6,15,17H,3,5,7-12H2,(H,18,20). The Balaban J connectivity index is 1.59. The molecule has 1 heterocycles. The lowest BCUT2D eigenvalue weighted by Gasteiger charge is -2.29. The van der Waals surface area contributed by atoms with Crippen molar-refractivity contribution in [1.82, 2.24) is 15.5 Å². The van der Waals surface area contributed by atoms with Gasteiger partial charge in [-0.2, -0.15) is 0 Å². The second-order valence-electron chi connectivity index (χ2n) is 5.74. The summed E-state index contributed by atoms with van der Waals surface area (Å²) < 4.78 is 0. The molecule has 0 spiro atoms. The molecule has 1 aromatic rings. The number of nitrogens with zero attached hydrogens (tertiary/aromatic N) is 1. The van der Waals surface area contributed by atoms with Crippen LogP contribution in [0.15, 0.2) is 24.3 Å². The number of aryl methyl sites for hydroxylation is 1. The molecule has 0 saturated carbocycles. The maximum atomic E-state index is 12.2. The zero-order valence-corrected chi connectivity index (χ0v) is 11.9. The lowest BCUT2D eigenvalue weighted by molar-refractivity contribution is -0.123. The molecule has 0 aromatic heterocycles. The van der Waals surface area contributed by atoms with Gasteiger partial charge in [-0.15, -0.1) is 0 Å². The largest absolute Gasteiger partial charge is 0.348 e. The van der Waals surface area contributed by atoms with Crippen molar-refractivity contribution >= 4 is 5.91 Å². The number of rotatable bonds is 3. The lowest BCUT2D eigenvalue weighted by Crippen LogP contribution is -2.48. The van der Waals surface area contributed by atoms with Gasteiger partial charge in [-0.25, -0.2) is 0 Å². The van der Waals surface area contributed by atoms with E-state index in [2.05, 4.69) is 39.8 Å². The molecule has 1 fully saturated rings. The first-order valence-electron chi connectivity index (χ1n) is 7.63. The summed E-state index contributed by atoms with van der Waals surface area (Å²) in [7, 11) is 0. The van der Waals surface area contributed by atoms with E-state index in [1.165, 1.54) is 11.1 Å². The van der Waals surface area contributed by atoms with Gasteiger partial charge < -0.3 is 10.6 Å². The van der Waals surface area contributed by atoms with Crippen molar-refractivity contribution in [3.05, 3.63) is 35.4 Å². The Labute approximate surface area is 120 Å². The van der Waals surface area contributed by atoms with Gasteiger partial charge in [-0.1, -0.05) is 24.3 Å². The fourth-order valence-corrected chi connectivity index (χ4v) is 3.22. The number of piperazine rings is 1. The number of benzene rings is 1. The van der Waals surface area contributed by atoms with Crippen molar-refractivity contribution in [2.24, 2.45) is 0 Å². The van der Waals surface area contributed by atoms with Crippen molar-refractivity contribution < 1.29 is 4.79 Å². The van der Waals surface area contributed by atoms with Crippen LogP contribution in [0.3, 0.4) is 0 Å². The van der Waals surface area contributed by atoms with E-state index < -0.39 is 0 Å². The number of amides is 1.